The number of carboxylic acids is 1. The van der Waals surface area contributed by atoms with Crippen molar-refractivity contribution in [3.8, 4) is 0 Å². The molecule has 0 fully saturated rings. The maximum atomic E-state index is 13.0. The number of unbranched alkanes of at least 4 members (excludes halogenated alkanes) is 39. The average molecular weight is 1220 g/mol. The number of quaternary nitrogens is 1. The molecule has 9 heteroatoms. The minimum absolute atomic E-state index is 0.147. The van der Waals surface area contributed by atoms with Crippen LogP contribution in [0.2, 0.25) is 0 Å². The topological polar surface area (TPSA) is 111 Å². The number of hydrogen-bond donors (Lipinski definition) is 0. The minimum Gasteiger partial charge on any atom is -0.545 e. The van der Waals surface area contributed by atoms with Crippen molar-refractivity contribution in [2.24, 2.45) is 0 Å². The van der Waals surface area contributed by atoms with E-state index in [1.807, 2.05) is 21.1 Å². The van der Waals surface area contributed by atoms with Gasteiger partial charge in [-0.15, -0.1) is 0 Å². The molecule has 0 amide bonds. The zero-order valence-electron chi connectivity index (χ0n) is 57.6. The summed E-state index contributed by atoms with van der Waals surface area (Å²) >= 11 is 0. The molecule has 0 heterocycles. The highest BCUT2D eigenvalue weighted by molar-refractivity contribution is 5.70. The third kappa shape index (κ3) is 69.8. The lowest BCUT2D eigenvalue weighted by Crippen LogP contribution is -2.44. The van der Waals surface area contributed by atoms with E-state index in [-0.39, 0.29) is 32.2 Å². The summed E-state index contributed by atoms with van der Waals surface area (Å²) in [6, 6.07) is 0. The lowest BCUT2D eigenvalue weighted by atomic mass is 10.0. The van der Waals surface area contributed by atoms with E-state index >= 15 is 0 Å². The second-order valence-electron chi connectivity index (χ2n) is 25.9. The highest BCUT2D eigenvalue weighted by Gasteiger charge is 2.22. The molecule has 0 aromatic carbocycles. The van der Waals surface area contributed by atoms with Crippen molar-refractivity contribution in [3.05, 3.63) is 85.1 Å². The molecular formula is C78H139NO8. The molecule has 0 radical (unpaired) electrons. The first-order valence-electron chi connectivity index (χ1n) is 36.7. The van der Waals surface area contributed by atoms with E-state index in [2.05, 4.69) is 98.9 Å². The predicted molar refractivity (Wildman–Crippen MR) is 371 cm³/mol. The summed E-state index contributed by atoms with van der Waals surface area (Å²) in [5.74, 6) is -2.26. The normalized spacial score (nSPS) is 13.2. The number of esters is 2. The fourth-order valence-electron chi connectivity index (χ4n) is 10.5. The maximum absolute atomic E-state index is 13.0. The molecule has 0 spiro atoms. The van der Waals surface area contributed by atoms with Gasteiger partial charge in [-0.05, 0) is 89.9 Å². The Labute approximate surface area is 538 Å². The number of likely N-dealkylation sites (N-methyl/N-ethyl adjacent to an activating group) is 1. The van der Waals surface area contributed by atoms with Crippen molar-refractivity contribution in [2.45, 2.75) is 347 Å². The lowest BCUT2D eigenvalue weighted by Gasteiger charge is -2.26. The molecule has 2 unspecified atom stereocenters. The zero-order valence-corrected chi connectivity index (χ0v) is 57.6. The molecule has 9 nitrogen and oxygen atoms in total. The molecule has 0 aliphatic carbocycles. The number of carbonyl (C=O) groups excluding carboxylic acids is 3. The highest BCUT2D eigenvalue weighted by atomic mass is 16.7. The predicted octanol–water partition coefficient (Wildman–Crippen LogP) is 21.7. The van der Waals surface area contributed by atoms with E-state index in [9.17, 15) is 19.5 Å². The summed E-state index contributed by atoms with van der Waals surface area (Å²) in [5, 5.41) is 11.8. The van der Waals surface area contributed by atoms with Crippen molar-refractivity contribution >= 4 is 17.9 Å². The van der Waals surface area contributed by atoms with Gasteiger partial charge >= 0.3 is 11.9 Å². The summed E-state index contributed by atoms with van der Waals surface area (Å²) in [4.78, 5) is 37.5. The second kappa shape index (κ2) is 68.4. The zero-order chi connectivity index (χ0) is 63.3. The minimum atomic E-state index is -1.62. The van der Waals surface area contributed by atoms with Gasteiger partial charge in [0.25, 0.3) is 0 Å². The quantitative estimate of drug-likeness (QED) is 0.0195. The number of carboxylic acid groups (broad SMARTS) is 1. The molecule has 0 aliphatic rings. The Morgan fingerprint density at radius 2 is 0.655 bits per heavy atom. The number of ether oxygens (including phenoxy) is 4. The maximum Gasteiger partial charge on any atom is 0.306 e. The number of allylic oxidation sites excluding steroid dienone is 14. The van der Waals surface area contributed by atoms with Crippen LogP contribution in [0.15, 0.2) is 85.1 Å². The SMILES string of the molecule is CC/C=C\C/C=C\C/C=C\C/C=C\C/C=C\CCCCCCCCCCCCCCCCCCCCCC(=O)OC(COC(=O)CCCCCCCCCCCCCCCCC/C=C\C/C=C\CCCCCCC)COC(OCC[N+](C)(C)C)C(=O)[O-]. The number of carbonyl (C=O) groups is 3. The van der Waals surface area contributed by atoms with Crippen LogP contribution in [-0.2, 0) is 33.3 Å². The molecule has 0 aromatic heterocycles. The van der Waals surface area contributed by atoms with E-state index in [1.54, 1.807) is 0 Å². The molecule has 0 N–H and O–H groups in total. The Bertz CT molecular complexity index is 1700. The van der Waals surface area contributed by atoms with Gasteiger partial charge in [-0.25, -0.2) is 0 Å². The molecule has 0 aliphatic heterocycles. The number of aliphatic carboxylic acids is 1. The number of rotatable bonds is 68. The first kappa shape index (κ1) is 83.5. The first-order valence-corrected chi connectivity index (χ1v) is 36.7. The van der Waals surface area contributed by atoms with Crippen molar-refractivity contribution in [2.75, 3.05) is 47.5 Å². The van der Waals surface area contributed by atoms with Crippen LogP contribution < -0.4 is 5.11 Å². The summed E-state index contributed by atoms with van der Waals surface area (Å²) in [5.41, 5.74) is 0. The van der Waals surface area contributed by atoms with E-state index in [4.69, 9.17) is 18.9 Å². The van der Waals surface area contributed by atoms with E-state index < -0.39 is 24.3 Å². The molecule has 0 saturated carbocycles. The smallest absolute Gasteiger partial charge is 0.306 e. The monoisotopic (exact) mass is 1220 g/mol. The van der Waals surface area contributed by atoms with E-state index in [0.717, 1.165) is 70.6 Å². The second-order valence-corrected chi connectivity index (χ2v) is 25.9. The largest absolute Gasteiger partial charge is 0.545 e. The summed E-state index contributed by atoms with van der Waals surface area (Å²) in [7, 11) is 5.94. The Morgan fingerprint density at radius 3 is 0.977 bits per heavy atom. The van der Waals surface area contributed by atoms with Crippen molar-refractivity contribution in [1.82, 2.24) is 0 Å². The Balaban J connectivity index is 4.05. The van der Waals surface area contributed by atoms with Gasteiger partial charge in [-0.2, -0.15) is 0 Å². The van der Waals surface area contributed by atoms with Gasteiger partial charge in [0.2, 0.25) is 0 Å². The third-order valence-corrected chi connectivity index (χ3v) is 16.1. The summed E-state index contributed by atoms with van der Waals surface area (Å²) in [6.45, 7) is 4.67. The van der Waals surface area contributed by atoms with Crippen LogP contribution in [0.1, 0.15) is 335 Å². The van der Waals surface area contributed by atoms with Crippen LogP contribution >= 0.6 is 0 Å². The van der Waals surface area contributed by atoms with Gasteiger partial charge in [0.1, 0.15) is 13.2 Å². The van der Waals surface area contributed by atoms with Crippen molar-refractivity contribution < 1.29 is 42.9 Å². The standard InChI is InChI=1S/C78H139NO8/c1-6-8-10-12-14-16-18-20-22-24-26-28-30-32-34-35-36-37-38-39-40-41-43-45-47-49-51-53-55-57-59-61-63-65-67-69-76(81)87-74(73-86-78(77(82)83)84-71-70-79(3,4)5)72-85-75(80)68-66-64-62-60-58-56-54-52-50-48-46-44-42-33-31-29-27-25-23-21-19-17-15-13-11-9-7-2/h8,10,14,16,19-22,25-28,32,34,74,78H,6-7,9,11-13,15,17-18,23-24,29-31,33,35-73H2,1-5H3/b10-8-,16-14-,21-19-,22-20-,27-25-,28-26-,34-32-. The molecule has 2 atom stereocenters. The van der Waals surface area contributed by atoms with Crippen LogP contribution in [0.25, 0.3) is 0 Å². The third-order valence-electron chi connectivity index (χ3n) is 16.1. The number of nitrogens with zero attached hydrogens (tertiary/aromatic N) is 1. The molecule has 504 valence electrons. The van der Waals surface area contributed by atoms with Crippen molar-refractivity contribution in [1.29, 1.82) is 0 Å². The average Bonchev–Trinajstić information content (AvgIpc) is 3.56. The molecule has 87 heavy (non-hydrogen) atoms. The highest BCUT2D eigenvalue weighted by Crippen LogP contribution is 2.18. The Kier molecular flexibility index (Phi) is 65.6. The molecular weight excluding hydrogens is 1080 g/mol. The van der Waals surface area contributed by atoms with Gasteiger partial charge in [0.15, 0.2) is 12.4 Å². The van der Waals surface area contributed by atoms with E-state index in [0.29, 0.717) is 23.9 Å². The fraction of sp³-hybridized carbons (Fsp3) is 0.782. The van der Waals surface area contributed by atoms with Crippen LogP contribution in [0.3, 0.4) is 0 Å². The van der Waals surface area contributed by atoms with Gasteiger partial charge < -0.3 is 33.3 Å². The molecule has 0 saturated heterocycles. The van der Waals surface area contributed by atoms with Crippen LogP contribution in [0.5, 0.6) is 0 Å². The summed E-state index contributed by atoms with van der Waals surface area (Å²) < 4.78 is 22.8. The van der Waals surface area contributed by atoms with Gasteiger partial charge in [-0.1, -0.05) is 317 Å². The Morgan fingerprint density at radius 1 is 0.356 bits per heavy atom. The summed E-state index contributed by atoms with van der Waals surface area (Å²) in [6.07, 6.45) is 89.6. The van der Waals surface area contributed by atoms with Gasteiger partial charge in [0.05, 0.1) is 40.3 Å². The number of hydrogen-bond acceptors (Lipinski definition) is 8. The molecule has 0 aromatic rings. The van der Waals surface area contributed by atoms with E-state index in [1.165, 1.54) is 231 Å². The first-order chi connectivity index (χ1) is 42.6. The van der Waals surface area contributed by atoms with Crippen LogP contribution in [0, 0.1) is 0 Å². The molecule has 0 bridgehead atoms. The van der Waals surface area contributed by atoms with Gasteiger partial charge in [-0.3, -0.25) is 9.59 Å². The fourth-order valence-corrected chi connectivity index (χ4v) is 10.5. The van der Waals surface area contributed by atoms with Crippen LogP contribution in [0.4, 0.5) is 0 Å². The van der Waals surface area contributed by atoms with Crippen molar-refractivity contribution in [3.63, 3.8) is 0 Å². The van der Waals surface area contributed by atoms with Gasteiger partial charge in [0, 0.05) is 12.8 Å². The Hall–Kier alpha value is -3.53. The lowest BCUT2D eigenvalue weighted by molar-refractivity contribution is -0.870. The van der Waals surface area contributed by atoms with Crippen LogP contribution in [-0.4, -0.2) is 82.3 Å². The molecule has 0 rings (SSSR count).